The summed E-state index contributed by atoms with van der Waals surface area (Å²) in [5.41, 5.74) is 5.40. The van der Waals surface area contributed by atoms with Gasteiger partial charge in [0.25, 0.3) is 11.8 Å². The number of aromatic amines is 1. The molecule has 0 radical (unpaired) electrons. The maximum absolute atomic E-state index is 13.9. The molecule has 0 spiro atoms. The molecule has 4 aromatic rings. The minimum Gasteiger partial charge on any atom is -0.364 e. The summed E-state index contributed by atoms with van der Waals surface area (Å²) in [7, 11) is 0. The highest BCUT2D eigenvalue weighted by atomic mass is 19.4. The van der Waals surface area contributed by atoms with Crippen LogP contribution < -0.4 is 21.7 Å². The zero-order chi connectivity index (χ0) is 27.4. The van der Waals surface area contributed by atoms with Gasteiger partial charge in [0, 0.05) is 23.0 Å². The number of hydrogen-bond donors (Lipinski definition) is 5. The van der Waals surface area contributed by atoms with E-state index in [4.69, 9.17) is 5.73 Å². The van der Waals surface area contributed by atoms with Crippen molar-refractivity contribution in [3.8, 4) is 11.1 Å². The van der Waals surface area contributed by atoms with Crippen molar-refractivity contribution in [2.45, 2.75) is 6.18 Å². The van der Waals surface area contributed by atoms with Crippen LogP contribution in [0.4, 0.5) is 39.4 Å². The van der Waals surface area contributed by atoms with E-state index in [2.05, 4.69) is 15.6 Å². The van der Waals surface area contributed by atoms with E-state index >= 15 is 0 Å². The third-order valence-electron chi connectivity index (χ3n) is 5.38. The van der Waals surface area contributed by atoms with E-state index in [9.17, 15) is 31.9 Å². The number of primary amides is 1. The number of halogens is 4. The number of aromatic nitrogens is 1. The Morgan fingerprint density at radius 3 is 2.13 bits per heavy atom. The molecule has 0 aliphatic heterocycles. The molecule has 38 heavy (non-hydrogen) atoms. The lowest BCUT2D eigenvalue weighted by atomic mass is 10.0. The summed E-state index contributed by atoms with van der Waals surface area (Å²) < 4.78 is 52.6. The molecular weight excluding hydrogens is 506 g/mol. The molecule has 3 aromatic carbocycles. The summed E-state index contributed by atoms with van der Waals surface area (Å²) in [5, 5.41) is 7.15. The first-order valence-electron chi connectivity index (χ1n) is 11.0. The van der Waals surface area contributed by atoms with Crippen LogP contribution in [0.3, 0.4) is 0 Å². The van der Waals surface area contributed by atoms with Crippen molar-refractivity contribution in [2.75, 3.05) is 16.0 Å². The Bertz CT molecular complexity index is 1500. The zero-order valence-electron chi connectivity index (χ0n) is 19.3. The second-order valence-corrected chi connectivity index (χ2v) is 7.99. The minimum atomic E-state index is -4.71. The Kier molecular flexibility index (Phi) is 7.15. The van der Waals surface area contributed by atoms with Crippen LogP contribution in [0, 0.1) is 5.82 Å². The SMILES string of the molecule is NC(=O)c1[nH]cc(NC(=O)c2ccccc2)c1-c1ccc(NC(=O)Nc2cc(C(F)(F)F)ccc2F)cc1. The fourth-order valence-electron chi connectivity index (χ4n) is 3.60. The quantitative estimate of drug-likeness (QED) is 0.203. The highest BCUT2D eigenvalue weighted by Crippen LogP contribution is 2.34. The number of benzene rings is 3. The maximum atomic E-state index is 13.9. The molecule has 4 rings (SSSR count). The van der Waals surface area contributed by atoms with Crippen LogP contribution in [-0.2, 0) is 6.18 Å². The van der Waals surface area contributed by atoms with Crippen LogP contribution in [0.15, 0.2) is 79.0 Å². The molecule has 194 valence electrons. The van der Waals surface area contributed by atoms with Gasteiger partial charge < -0.3 is 26.7 Å². The number of carbonyl (C=O) groups excluding carboxylic acids is 3. The van der Waals surface area contributed by atoms with E-state index in [1.807, 2.05) is 5.32 Å². The molecule has 6 N–H and O–H groups in total. The number of urea groups is 1. The van der Waals surface area contributed by atoms with Gasteiger partial charge in [-0.25, -0.2) is 9.18 Å². The highest BCUT2D eigenvalue weighted by molar-refractivity contribution is 6.09. The van der Waals surface area contributed by atoms with E-state index in [0.29, 0.717) is 34.9 Å². The fraction of sp³-hybridized carbons (Fsp3) is 0.0385. The predicted octanol–water partition coefficient (Wildman–Crippen LogP) is 5.83. The van der Waals surface area contributed by atoms with Crippen LogP contribution in [-0.4, -0.2) is 22.8 Å². The van der Waals surface area contributed by atoms with Gasteiger partial charge in [0.05, 0.1) is 16.9 Å². The van der Waals surface area contributed by atoms with Gasteiger partial charge in [-0.05, 0) is 48.0 Å². The van der Waals surface area contributed by atoms with Gasteiger partial charge in [0.2, 0.25) is 0 Å². The maximum Gasteiger partial charge on any atom is 0.416 e. The molecule has 0 aliphatic rings. The van der Waals surface area contributed by atoms with Gasteiger partial charge in [-0.2, -0.15) is 13.2 Å². The average Bonchev–Trinajstić information content (AvgIpc) is 3.29. The van der Waals surface area contributed by atoms with E-state index in [-0.39, 0.29) is 17.1 Å². The highest BCUT2D eigenvalue weighted by Gasteiger charge is 2.31. The molecule has 12 heteroatoms. The third-order valence-corrected chi connectivity index (χ3v) is 5.38. The Balaban J connectivity index is 1.52. The predicted molar refractivity (Wildman–Crippen MR) is 133 cm³/mol. The largest absolute Gasteiger partial charge is 0.416 e. The second-order valence-electron chi connectivity index (χ2n) is 7.99. The number of nitrogens with two attached hydrogens (primary N) is 1. The molecule has 1 aromatic heterocycles. The normalized spacial score (nSPS) is 11.1. The van der Waals surface area contributed by atoms with E-state index in [1.165, 1.54) is 30.5 Å². The summed E-state index contributed by atoms with van der Waals surface area (Å²) in [6, 6.07) is 15.0. The van der Waals surface area contributed by atoms with Crippen molar-refractivity contribution in [3.63, 3.8) is 0 Å². The van der Waals surface area contributed by atoms with Crippen molar-refractivity contribution in [1.29, 1.82) is 0 Å². The van der Waals surface area contributed by atoms with Crippen LogP contribution >= 0.6 is 0 Å². The van der Waals surface area contributed by atoms with Gasteiger partial charge in [-0.3, -0.25) is 9.59 Å². The van der Waals surface area contributed by atoms with E-state index in [1.54, 1.807) is 30.3 Å². The Hall–Kier alpha value is -5.13. The smallest absolute Gasteiger partial charge is 0.364 e. The van der Waals surface area contributed by atoms with Crippen molar-refractivity contribution in [1.82, 2.24) is 4.98 Å². The van der Waals surface area contributed by atoms with Crippen LogP contribution in [0.25, 0.3) is 11.1 Å². The van der Waals surface area contributed by atoms with E-state index in [0.717, 1.165) is 0 Å². The molecule has 0 aliphatic carbocycles. The first-order chi connectivity index (χ1) is 18.0. The van der Waals surface area contributed by atoms with Crippen LogP contribution in [0.2, 0.25) is 0 Å². The van der Waals surface area contributed by atoms with Crippen LogP contribution in [0.5, 0.6) is 0 Å². The first-order valence-corrected chi connectivity index (χ1v) is 11.0. The van der Waals surface area contributed by atoms with Crippen molar-refractivity contribution < 1.29 is 31.9 Å². The van der Waals surface area contributed by atoms with Crippen molar-refractivity contribution in [2.24, 2.45) is 5.73 Å². The summed E-state index contributed by atoms with van der Waals surface area (Å²) in [6.45, 7) is 0. The number of carbonyl (C=O) groups is 3. The molecule has 0 atom stereocenters. The molecule has 0 unspecified atom stereocenters. The minimum absolute atomic E-state index is 0.0341. The number of alkyl halides is 3. The molecule has 0 saturated carbocycles. The number of hydrogen-bond acceptors (Lipinski definition) is 3. The average molecular weight is 525 g/mol. The standard InChI is InChI=1S/C26H19F4N5O3/c27-18-11-8-16(26(28,29)30)12-19(18)35-25(38)33-17-9-6-14(7-10-17)21-20(13-32-22(21)23(31)36)34-24(37)15-4-2-1-3-5-15/h1-13,32H,(H2,31,36)(H,34,37)(H2,33,35,38). The van der Waals surface area contributed by atoms with Gasteiger partial charge in [-0.15, -0.1) is 0 Å². The zero-order valence-corrected chi connectivity index (χ0v) is 19.3. The molecule has 0 saturated heterocycles. The van der Waals surface area contributed by atoms with Gasteiger partial charge in [-0.1, -0.05) is 30.3 Å². The number of amides is 4. The summed E-state index contributed by atoms with van der Waals surface area (Å²) in [4.78, 5) is 39.6. The summed E-state index contributed by atoms with van der Waals surface area (Å²) in [5.74, 6) is -2.23. The number of nitrogens with one attached hydrogen (secondary N) is 4. The third kappa shape index (κ3) is 5.81. The van der Waals surface area contributed by atoms with Gasteiger partial charge in [0.1, 0.15) is 11.5 Å². The Morgan fingerprint density at radius 1 is 0.816 bits per heavy atom. The molecular formula is C26H19F4N5O3. The van der Waals surface area contributed by atoms with Crippen molar-refractivity contribution in [3.05, 3.63) is 102 Å². The summed E-state index contributed by atoms with van der Waals surface area (Å²) in [6.07, 6.45) is -3.29. The molecule has 1 heterocycles. The summed E-state index contributed by atoms with van der Waals surface area (Å²) >= 11 is 0. The Morgan fingerprint density at radius 2 is 1.50 bits per heavy atom. The second kappa shape index (κ2) is 10.5. The molecule has 0 fully saturated rings. The number of H-pyrrole nitrogens is 1. The van der Waals surface area contributed by atoms with E-state index < -0.39 is 41.1 Å². The lowest BCUT2D eigenvalue weighted by molar-refractivity contribution is -0.137. The Labute approximate surface area is 212 Å². The van der Waals surface area contributed by atoms with Gasteiger partial charge in [0.15, 0.2) is 0 Å². The number of anilines is 3. The molecule has 0 bridgehead atoms. The number of rotatable bonds is 6. The fourth-order valence-corrected chi connectivity index (χ4v) is 3.60. The molecule has 8 nitrogen and oxygen atoms in total. The monoisotopic (exact) mass is 525 g/mol. The lowest BCUT2D eigenvalue weighted by Crippen LogP contribution is -2.20. The topological polar surface area (TPSA) is 129 Å². The van der Waals surface area contributed by atoms with Crippen LogP contribution in [0.1, 0.15) is 26.4 Å². The van der Waals surface area contributed by atoms with Gasteiger partial charge >= 0.3 is 12.2 Å². The molecule has 4 amide bonds. The lowest BCUT2D eigenvalue weighted by Gasteiger charge is -2.12. The first kappa shape index (κ1) is 25.9. The van der Waals surface area contributed by atoms with Crippen molar-refractivity contribution >= 4 is 34.9 Å².